The fourth-order valence-corrected chi connectivity index (χ4v) is 4.15. The van der Waals surface area contributed by atoms with E-state index in [9.17, 15) is 27.6 Å². The predicted molar refractivity (Wildman–Crippen MR) is 121 cm³/mol. The molecular formula is C25H27F3N2O5. The van der Waals surface area contributed by atoms with Crippen LogP contribution in [0.15, 0.2) is 54.6 Å². The average molecular weight is 492 g/mol. The van der Waals surface area contributed by atoms with Crippen molar-refractivity contribution in [3.63, 3.8) is 0 Å². The summed E-state index contributed by atoms with van der Waals surface area (Å²) in [5, 5.41) is 2.42. The lowest BCUT2D eigenvalue weighted by Gasteiger charge is -2.47. The Hall–Kier alpha value is -3.40. The lowest BCUT2D eigenvalue weighted by molar-refractivity contribution is -0.195. The van der Waals surface area contributed by atoms with Gasteiger partial charge in [0, 0.05) is 31.9 Å². The highest BCUT2D eigenvalue weighted by Gasteiger charge is 2.51. The second kappa shape index (κ2) is 11.4. The summed E-state index contributed by atoms with van der Waals surface area (Å²) in [6, 6.07) is 15.1. The molecule has 1 heterocycles. The average Bonchev–Trinajstić information content (AvgIpc) is 2.85. The molecule has 1 aliphatic rings. The Morgan fingerprint density at radius 1 is 1.03 bits per heavy atom. The van der Waals surface area contributed by atoms with Gasteiger partial charge < -0.3 is 19.7 Å². The molecule has 2 aromatic rings. The molecule has 0 saturated carbocycles. The first-order chi connectivity index (χ1) is 16.6. The van der Waals surface area contributed by atoms with Gasteiger partial charge in [-0.3, -0.25) is 9.59 Å². The van der Waals surface area contributed by atoms with Crippen LogP contribution >= 0.6 is 0 Å². The molecule has 0 aromatic heterocycles. The normalized spacial score (nSPS) is 15.2. The fraction of sp³-hybridized carbons (Fsp3) is 0.400. The summed E-state index contributed by atoms with van der Waals surface area (Å²) in [6.45, 7) is 1.06. The molecule has 1 fully saturated rings. The maximum Gasteiger partial charge on any atom is 0.471 e. The number of halogens is 3. The van der Waals surface area contributed by atoms with Gasteiger partial charge >= 0.3 is 18.2 Å². The number of alkyl carbamates (subject to hydrolysis) is 1. The number of benzene rings is 2. The van der Waals surface area contributed by atoms with Crippen LogP contribution in [0, 0.1) is 0 Å². The van der Waals surface area contributed by atoms with E-state index in [0.717, 1.165) is 10.5 Å². The van der Waals surface area contributed by atoms with Crippen molar-refractivity contribution in [2.24, 2.45) is 0 Å². The van der Waals surface area contributed by atoms with Gasteiger partial charge in [0.05, 0.1) is 5.54 Å². The quantitative estimate of drug-likeness (QED) is 0.558. The zero-order valence-electron chi connectivity index (χ0n) is 19.3. The maximum atomic E-state index is 13.6. The van der Waals surface area contributed by atoms with E-state index in [1.54, 1.807) is 36.4 Å². The number of hydrogen-bond donors (Lipinski definition) is 1. The molecule has 1 N–H and O–H groups in total. The number of alkyl halides is 3. The van der Waals surface area contributed by atoms with Gasteiger partial charge in [-0.15, -0.1) is 0 Å². The number of nitrogens with zero attached hydrogens (tertiary/aromatic N) is 1. The molecule has 2 aromatic carbocycles. The summed E-state index contributed by atoms with van der Waals surface area (Å²) in [4.78, 5) is 37.1. The summed E-state index contributed by atoms with van der Waals surface area (Å²) in [5.41, 5.74) is 0.324. The molecule has 0 spiro atoms. The number of Topliss-reactive ketones (excluding diaryl/α,β-unsaturated/α-hetero) is 1. The third kappa shape index (κ3) is 6.60. The number of carbonyl (C=O) groups is 3. The van der Waals surface area contributed by atoms with Crippen molar-refractivity contribution in [2.45, 2.75) is 38.1 Å². The van der Waals surface area contributed by atoms with Crippen LogP contribution in [0.25, 0.3) is 0 Å². The zero-order valence-corrected chi connectivity index (χ0v) is 19.3. The van der Waals surface area contributed by atoms with E-state index in [2.05, 4.69) is 5.32 Å². The number of nitrogens with one attached hydrogen (secondary N) is 1. The van der Waals surface area contributed by atoms with Crippen LogP contribution in [0.5, 0.6) is 0 Å². The third-order valence-corrected chi connectivity index (χ3v) is 5.97. The van der Waals surface area contributed by atoms with E-state index in [1.807, 2.05) is 6.07 Å². The third-order valence-electron chi connectivity index (χ3n) is 5.97. The molecule has 35 heavy (non-hydrogen) atoms. The van der Waals surface area contributed by atoms with Gasteiger partial charge in [-0.2, -0.15) is 13.2 Å². The number of ketones is 1. The minimum atomic E-state index is -5.11. The fourth-order valence-electron chi connectivity index (χ4n) is 4.15. The maximum absolute atomic E-state index is 13.6. The highest BCUT2D eigenvalue weighted by molar-refractivity contribution is 5.94. The Balaban J connectivity index is 1.78. The van der Waals surface area contributed by atoms with E-state index < -0.39 is 30.3 Å². The molecule has 0 bridgehead atoms. The van der Waals surface area contributed by atoms with E-state index >= 15 is 0 Å². The van der Waals surface area contributed by atoms with E-state index in [4.69, 9.17) is 9.47 Å². The topological polar surface area (TPSA) is 84.9 Å². The van der Waals surface area contributed by atoms with Crippen LogP contribution in [-0.2, 0) is 26.4 Å². The Bertz CT molecular complexity index is 1020. The van der Waals surface area contributed by atoms with Gasteiger partial charge in [-0.05, 0) is 30.9 Å². The molecule has 3 rings (SSSR count). The van der Waals surface area contributed by atoms with Crippen LogP contribution in [-0.4, -0.2) is 55.2 Å². The summed E-state index contributed by atoms with van der Waals surface area (Å²) in [5.74, 6) is -2.19. The highest BCUT2D eigenvalue weighted by atomic mass is 19.4. The zero-order chi connectivity index (χ0) is 25.5. The first-order valence-corrected chi connectivity index (χ1v) is 11.2. The minimum Gasteiger partial charge on any atom is -0.445 e. The second-order valence-corrected chi connectivity index (χ2v) is 8.22. The van der Waals surface area contributed by atoms with Gasteiger partial charge in [0.15, 0.2) is 5.78 Å². The van der Waals surface area contributed by atoms with Gasteiger partial charge in [-0.1, -0.05) is 54.6 Å². The molecule has 1 saturated heterocycles. The van der Waals surface area contributed by atoms with Gasteiger partial charge in [0.25, 0.3) is 0 Å². The van der Waals surface area contributed by atoms with Crippen LogP contribution < -0.4 is 5.32 Å². The standard InChI is InChI=1S/C25H27F3N2O5/c1-18(31)20-7-9-21(10-8-20)24(11-15-34-16-12-24)30(22(32)25(26,27)28)14-13-29-23(33)35-17-19-5-3-2-4-6-19/h2-10H,11-17H2,1H3,(H,29,33). The molecule has 2 amide bonds. The molecule has 188 valence electrons. The SMILES string of the molecule is CC(=O)c1ccc(C2(N(CCNC(=O)OCc3ccccc3)C(=O)C(F)(F)F)CCOCC2)cc1. The Kier molecular flexibility index (Phi) is 8.50. The van der Waals surface area contributed by atoms with Crippen molar-refractivity contribution < 1.29 is 37.0 Å². The minimum absolute atomic E-state index is 0.00163. The number of rotatable bonds is 8. The van der Waals surface area contributed by atoms with Crippen LogP contribution in [0.1, 0.15) is 41.3 Å². The smallest absolute Gasteiger partial charge is 0.445 e. The second-order valence-electron chi connectivity index (χ2n) is 8.22. The van der Waals surface area contributed by atoms with Gasteiger partial charge in [0.2, 0.25) is 0 Å². The van der Waals surface area contributed by atoms with Crippen LogP contribution in [0.2, 0.25) is 0 Å². The Morgan fingerprint density at radius 2 is 1.66 bits per heavy atom. The van der Waals surface area contributed by atoms with Gasteiger partial charge in [-0.25, -0.2) is 4.79 Å². The van der Waals surface area contributed by atoms with Crippen molar-refractivity contribution in [3.05, 3.63) is 71.3 Å². The molecular weight excluding hydrogens is 465 g/mol. The summed E-state index contributed by atoms with van der Waals surface area (Å²) < 4.78 is 51.4. The monoisotopic (exact) mass is 492 g/mol. The van der Waals surface area contributed by atoms with Crippen molar-refractivity contribution in [1.82, 2.24) is 10.2 Å². The molecule has 0 aliphatic carbocycles. The van der Waals surface area contributed by atoms with E-state index in [-0.39, 0.29) is 45.0 Å². The molecule has 1 aliphatic heterocycles. The van der Waals surface area contributed by atoms with Crippen molar-refractivity contribution in [2.75, 3.05) is 26.3 Å². The molecule has 0 radical (unpaired) electrons. The molecule has 7 nitrogen and oxygen atoms in total. The lowest BCUT2D eigenvalue weighted by atomic mass is 9.80. The van der Waals surface area contributed by atoms with Crippen molar-refractivity contribution in [3.8, 4) is 0 Å². The van der Waals surface area contributed by atoms with Crippen molar-refractivity contribution >= 4 is 17.8 Å². The number of hydrogen-bond acceptors (Lipinski definition) is 5. The summed E-state index contributed by atoms with van der Waals surface area (Å²) in [7, 11) is 0. The Labute approximate surface area is 201 Å². The first-order valence-electron chi connectivity index (χ1n) is 11.2. The van der Waals surface area contributed by atoms with E-state index in [0.29, 0.717) is 11.1 Å². The first kappa shape index (κ1) is 26.2. The largest absolute Gasteiger partial charge is 0.471 e. The lowest BCUT2D eigenvalue weighted by Crippen LogP contribution is -2.57. The summed E-state index contributed by atoms with van der Waals surface area (Å²) >= 11 is 0. The Morgan fingerprint density at radius 3 is 2.23 bits per heavy atom. The number of ether oxygens (including phenoxy) is 2. The molecule has 0 unspecified atom stereocenters. The molecule has 10 heteroatoms. The van der Waals surface area contributed by atoms with E-state index in [1.165, 1.54) is 19.1 Å². The number of amides is 2. The van der Waals surface area contributed by atoms with Crippen LogP contribution in [0.4, 0.5) is 18.0 Å². The molecule has 0 atom stereocenters. The van der Waals surface area contributed by atoms with Crippen molar-refractivity contribution in [1.29, 1.82) is 0 Å². The number of carbonyl (C=O) groups excluding carboxylic acids is 3. The highest BCUT2D eigenvalue weighted by Crippen LogP contribution is 2.40. The van der Waals surface area contributed by atoms with Gasteiger partial charge in [0.1, 0.15) is 6.61 Å². The predicted octanol–water partition coefficient (Wildman–Crippen LogP) is 4.21. The summed E-state index contributed by atoms with van der Waals surface area (Å²) in [6.07, 6.45) is -5.65. The van der Waals surface area contributed by atoms with Crippen LogP contribution in [0.3, 0.4) is 0 Å².